The standard InChI is InChI=1S/C19H22N4O2/c1-12(2)23(19(25)15-10-18(24)22-11-15)17-4-3-14(9-16(17)20)13-5-7-21-8-6-13/h3-9,12,15H,10-11,20H2,1-2H3,(H,22,24). The zero-order valence-corrected chi connectivity index (χ0v) is 14.4. The number of rotatable bonds is 4. The van der Waals surface area contributed by atoms with E-state index in [1.807, 2.05) is 44.2 Å². The van der Waals surface area contributed by atoms with Crippen LogP contribution in [0.15, 0.2) is 42.7 Å². The number of anilines is 2. The first kappa shape index (κ1) is 17.0. The summed E-state index contributed by atoms with van der Waals surface area (Å²) in [4.78, 5) is 30.1. The van der Waals surface area contributed by atoms with E-state index in [-0.39, 0.29) is 30.2 Å². The highest BCUT2D eigenvalue weighted by atomic mass is 16.2. The van der Waals surface area contributed by atoms with Gasteiger partial charge in [-0.05, 0) is 49.2 Å². The van der Waals surface area contributed by atoms with E-state index in [0.29, 0.717) is 17.9 Å². The Morgan fingerprint density at radius 3 is 2.52 bits per heavy atom. The number of carbonyl (C=O) groups is 2. The van der Waals surface area contributed by atoms with Crippen molar-refractivity contribution in [3.63, 3.8) is 0 Å². The number of amides is 2. The summed E-state index contributed by atoms with van der Waals surface area (Å²) in [5, 5.41) is 2.72. The van der Waals surface area contributed by atoms with Crippen LogP contribution in [0.5, 0.6) is 0 Å². The van der Waals surface area contributed by atoms with Crippen LogP contribution in [0.2, 0.25) is 0 Å². The second-order valence-electron chi connectivity index (χ2n) is 6.52. The first-order chi connectivity index (χ1) is 12.0. The molecule has 2 heterocycles. The molecule has 3 rings (SSSR count). The predicted molar refractivity (Wildman–Crippen MR) is 97.8 cm³/mol. The van der Waals surface area contributed by atoms with Crippen LogP contribution in [-0.2, 0) is 9.59 Å². The molecule has 2 aromatic rings. The molecule has 25 heavy (non-hydrogen) atoms. The topological polar surface area (TPSA) is 88.3 Å². The summed E-state index contributed by atoms with van der Waals surface area (Å²) in [7, 11) is 0. The molecule has 0 aliphatic carbocycles. The van der Waals surface area contributed by atoms with Crippen LogP contribution in [0.4, 0.5) is 11.4 Å². The number of aromatic nitrogens is 1. The van der Waals surface area contributed by atoms with Gasteiger partial charge in [-0.25, -0.2) is 0 Å². The van der Waals surface area contributed by atoms with E-state index in [1.165, 1.54) is 0 Å². The van der Waals surface area contributed by atoms with Crippen LogP contribution >= 0.6 is 0 Å². The number of nitrogens with zero attached hydrogens (tertiary/aromatic N) is 2. The van der Waals surface area contributed by atoms with E-state index < -0.39 is 0 Å². The van der Waals surface area contributed by atoms with Gasteiger partial charge in [-0.2, -0.15) is 0 Å². The molecule has 1 saturated heterocycles. The van der Waals surface area contributed by atoms with Crippen molar-refractivity contribution in [1.82, 2.24) is 10.3 Å². The SMILES string of the molecule is CC(C)N(C(=O)C1CNC(=O)C1)c1ccc(-c2ccncc2)cc1N. The highest BCUT2D eigenvalue weighted by Gasteiger charge is 2.33. The van der Waals surface area contributed by atoms with E-state index in [4.69, 9.17) is 5.73 Å². The Morgan fingerprint density at radius 1 is 1.24 bits per heavy atom. The lowest BCUT2D eigenvalue weighted by atomic mass is 10.0. The van der Waals surface area contributed by atoms with Crippen LogP contribution in [0.3, 0.4) is 0 Å². The molecule has 0 saturated carbocycles. The van der Waals surface area contributed by atoms with Gasteiger partial charge in [-0.3, -0.25) is 14.6 Å². The molecule has 0 spiro atoms. The predicted octanol–water partition coefficient (Wildman–Crippen LogP) is 2.21. The van der Waals surface area contributed by atoms with Gasteiger partial charge < -0.3 is 16.0 Å². The maximum Gasteiger partial charge on any atom is 0.232 e. The van der Waals surface area contributed by atoms with Gasteiger partial charge in [0.05, 0.1) is 17.3 Å². The number of pyridine rings is 1. The number of nitrogens with two attached hydrogens (primary N) is 1. The van der Waals surface area contributed by atoms with Crippen molar-refractivity contribution in [2.75, 3.05) is 17.2 Å². The first-order valence-corrected chi connectivity index (χ1v) is 8.37. The smallest absolute Gasteiger partial charge is 0.232 e. The summed E-state index contributed by atoms with van der Waals surface area (Å²) in [5.41, 5.74) is 9.47. The van der Waals surface area contributed by atoms with Gasteiger partial charge in [0.25, 0.3) is 0 Å². The monoisotopic (exact) mass is 338 g/mol. The molecule has 0 radical (unpaired) electrons. The molecule has 130 valence electrons. The van der Waals surface area contributed by atoms with Crippen molar-refractivity contribution in [3.8, 4) is 11.1 Å². The highest BCUT2D eigenvalue weighted by Crippen LogP contribution is 2.32. The largest absolute Gasteiger partial charge is 0.397 e. The van der Waals surface area contributed by atoms with Gasteiger partial charge in [0.2, 0.25) is 11.8 Å². The van der Waals surface area contributed by atoms with Crippen LogP contribution in [0, 0.1) is 5.92 Å². The summed E-state index contributed by atoms with van der Waals surface area (Å²) in [6, 6.07) is 9.45. The fourth-order valence-corrected chi connectivity index (χ4v) is 3.13. The summed E-state index contributed by atoms with van der Waals surface area (Å²) < 4.78 is 0. The maximum absolute atomic E-state index is 12.9. The average Bonchev–Trinajstić information content (AvgIpc) is 3.03. The molecule has 6 nitrogen and oxygen atoms in total. The van der Waals surface area contributed by atoms with Crippen molar-refractivity contribution in [3.05, 3.63) is 42.7 Å². The van der Waals surface area contributed by atoms with Gasteiger partial charge in [-0.15, -0.1) is 0 Å². The van der Waals surface area contributed by atoms with Crippen LogP contribution in [0.25, 0.3) is 11.1 Å². The molecule has 6 heteroatoms. The molecule has 0 bridgehead atoms. The molecule has 1 fully saturated rings. The average molecular weight is 338 g/mol. The molecular formula is C19H22N4O2. The molecule has 1 aromatic carbocycles. The Morgan fingerprint density at radius 2 is 1.96 bits per heavy atom. The van der Waals surface area contributed by atoms with Gasteiger partial charge in [0.15, 0.2) is 0 Å². The third kappa shape index (κ3) is 3.47. The number of nitrogen functional groups attached to an aromatic ring is 1. The normalized spacial score (nSPS) is 16.8. The van der Waals surface area contributed by atoms with Gasteiger partial charge in [0.1, 0.15) is 0 Å². The lowest BCUT2D eigenvalue weighted by molar-refractivity contribution is -0.124. The van der Waals surface area contributed by atoms with Gasteiger partial charge in [0, 0.05) is 31.4 Å². The highest BCUT2D eigenvalue weighted by molar-refractivity contribution is 6.01. The van der Waals surface area contributed by atoms with E-state index in [1.54, 1.807) is 17.3 Å². The molecule has 1 aromatic heterocycles. The molecule has 3 N–H and O–H groups in total. The Bertz CT molecular complexity index is 789. The van der Waals surface area contributed by atoms with Gasteiger partial charge >= 0.3 is 0 Å². The Labute approximate surface area is 147 Å². The zero-order chi connectivity index (χ0) is 18.0. The van der Waals surface area contributed by atoms with Crippen molar-refractivity contribution in [1.29, 1.82) is 0 Å². The Kier molecular flexibility index (Phi) is 4.70. The Balaban J connectivity index is 1.92. The lowest BCUT2D eigenvalue weighted by Crippen LogP contribution is -2.42. The molecule has 1 atom stereocenters. The number of benzene rings is 1. The van der Waals surface area contributed by atoms with E-state index in [2.05, 4.69) is 10.3 Å². The molecule has 2 amide bonds. The number of carbonyl (C=O) groups excluding carboxylic acids is 2. The number of hydrogen-bond donors (Lipinski definition) is 2. The number of nitrogens with one attached hydrogen (secondary N) is 1. The third-order valence-corrected chi connectivity index (χ3v) is 4.38. The number of hydrogen-bond acceptors (Lipinski definition) is 4. The maximum atomic E-state index is 12.9. The minimum Gasteiger partial charge on any atom is -0.397 e. The van der Waals surface area contributed by atoms with E-state index in [9.17, 15) is 9.59 Å². The summed E-state index contributed by atoms with van der Waals surface area (Å²) in [6.07, 6.45) is 3.69. The second kappa shape index (κ2) is 6.93. The summed E-state index contributed by atoms with van der Waals surface area (Å²) in [6.45, 7) is 4.27. The molecule has 1 aliphatic heterocycles. The molecule has 1 aliphatic rings. The van der Waals surface area contributed by atoms with Crippen molar-refractivity contribution in [2.24, 2.45) is 5.92 Å². The summed E-state index contributed by atoms with van der Waals surface area (Å²) in [5.74, 6) is -0.492. The van der Waals surface area contributed by atoms with Crippen LogP contribution in [0.1, 0.15) is 20.3 Å². The zero-order valence-electron chi connectivity index (χ0n) is 14.4. The molecular weight excluding hydrogens is 316 g/mol. The van der Waals surface area contributed by atoms with Crippen LogP contribution in [-0.4, -0.2) is 29.4 Å². The minimum atomic E-state index is -0.339. The minimum absolute atomic E-state index is 0.0581. The second-order valence-corrected chi connectivity index (χ2v) is 6.52. The fourth-order valence-electron chi connectivity index (χ4n) is 3.13. The first-order valence-electron chi connectivity index (χ1n) is 8.37. The third-order valence-electron chi connectivity index (χ3n) is 4.38. The Hall–Kier alpha value is -2.89. The fraction of sp³-hybridized carbons (Fsp3) is 0.316. The summed E-state index contributed by atoms with van der Waals surface area (Å²) >= 11 is 0. The van der Waals surface area contributed by atoms with Gasteiger partial charge in [-0.1, -0.05) is 6.07 Å². The van der Waals surface area contributed by atoms with E-state index in [0.717, 1.165) is 11.1 Å². The van der Waals surface area contributed by atoms with Crippen molar-refractivity contribution >= 4 is 23.2 Å². The van der Waals surface area contributed by atoms with Crippen molar-refractivity contribution < 1.29 is 9.59 Å². The van der Waals surface area contributed by atoms with Crippen molar-refractivity contribution in [2.45, 2.75) is 26.3 Å². The molecule has 1 unspecified atom stereocenters. The lowest BCUT2D eigenvalue weighted by Gasteiger charge is -2.30. The van der Waals surface area contributed by atoms with E-state index >= 15 is 0 Å². The van der Waals surface area contributed by atoms with Crippen LogP contribution < -0.4 is 16.0 Å². The quantitative estimate of drug-likeness (QED) is 0.837.